The largest absolute Gasteiger partial charge is 0.496 e. The van der Waals surface area contributed by atoms with E-state index < -0.39 is 0 Å². The van der Waals surface area contributed by atoms with E-state index in [0.717, 1.165) is 11.3 Å². The molecule has 3 nitrogen and oxygen atoms in total. The summed E-state index contributed by atoms with van der Waals surface area (Å²) >= 11 is 1.62. The topological polar surface area (TPSA) is 38.3 Å². The van der Waals surface area contributed by atoms with Gasteiger partial charge in [0, 0.05) is 17.4 Å². The van der Waals surface area contributed by atoms with Crippen LogP contribution in [0.5, 0.6) is 5.75 Å². The van der Waals surface area contributed by atoms with Crippen molar-refractivity contribution in [2.75, 3.05) is 19.9 Å². The first-order chi connectivity index (χ1) is 13.7. The predicted molar refractivity (Wildman–Crippen MR) is 116 cm³/mol. The fraction of sp³-hybridized carbons (Fsp3) is 0.208. The molecular weight excluding hydrogens is 366 g/mol. The average molecular weight is 392 g/mol. The van der Waals surface area contributed by atoms with Gasteiger partial charge in [-0.3, -0.25) is 4.79 Å². The Hall–Kier alpha value is -2.72. The van der Waals surface area contributed by atoms with Crippen molar-refractivity contribution in [3.05, 3.63) is 95.6 Å². The summed E-state index contributed by atoms with van der Waals surface area (Å²) in [7, 11) is 1.59. The number of hydrogen-bond donors (Lipinski definition) is 1. The van der Waals surface area contributed by atoms with E-state index >= 15 is 0 Å². The minimum Gasteiger partial charge on any atom is -0.496 e. The van der Waals surface area contributed by atoms with Gasteiger partial charge in [-0.1, -0.05) is 60.7 Å². The van der Waals surface area contributed by atoms with Crippen LogP contribution in [0.4, 0.5) is 0 Å². The monoisotopic (exact) mass is 391 g/mol. The van der Waals surface area contributed by atoms with E-state index in [1.165, 1.54) is 11.1 Å². The third-order valence-corrected chi connectivity index (χ3v) is 5.50. The number of nitrogens with one attached hydrogen (secondary N) is 1. The minimum atomic E-state index is -0.107. The molecule has 0 atom stereocenters. The summed E-state index contributed by atoms with van der Waals surface area (Å²) in [6, 6.07) is 26.5. The number of carbonyl (C=O) groups excluding carboxylic acids is 1. The van der Waals surface area contributed by atoms with Crippen LogP contribution in [-0.2, 0) is 0 Å². The number of rotatable bonds is 8. The molecule has 0 radical (unpaired) electrons. The van der Waals surface area contributed by atoms with Crippen molar-refractivity contribution in [1.29, 1.82) is 0 Å². The van der Waals surface area contributed by atoms with Crippen LogP contribution in [0, 0.1) is 0 Å². The first kappa shape index (κ1) is 20.0. The Morgan fingerprint density at radius 2 is 1.57 bits per heavy atom. The molecule has 0 aromatic heterocycles. The van der Waals surface area contributed by atoms with Gasteiger partial charge in [-0.15, -0.1) is 11.8 Å². The Balaban J connectivity index is 1.70. The molecular formula is C24H25NO2S. The highest BCUT2D eigenvalue weighted by molar-refractivity contribution is 7.98. The van der Waals surface area contributed by atoms with Gasteiger partial charge in [0.25, 0.3) is 5.91 Å². The lowest BCUT2D eigenvalue weighted by Gasteiger charge is -2.19. The summed E-state index contributed by atoms with van der Waals surface area (Å²) in [6.07, 6.45) is 2.83. The van der Waals surface area contributed by atoms with Gasteiger partial charge >= 0.3 is 0 Å². The smallest absolute Gasteiger partial charge is 0.255 e. The van der Waals surface area contributed by atoms with E-state index in [-0.39, 0.29) is 11.8 Å². The Bertz CT molecular complexity index is 857. The van der Waals surface area contributed by atoms with Crippen molar-refractivity contribution in [3.8, 4) is 5.75 Å². The molecule has 0 aliphatic heterocycles. The van der Waals surface area contributed by atoms with Gasteiger partial charge in [-0.25, -0.2) is 0 Å². The summed E-state index contributed by atoms with van der Waals surface area (Å²) in [5.74, 6) is 0.736. The van der Waals surface area contributed by atoms with E-state index in [1.54, 1.807) is 18.9 Å². The third kappa shape index (κ3) is 4.96. The predicted octanol–water partition coefficient (Wildman–Crippen LogP) is 5.37. The molecule has 0 heterocycles. The van der Waals surface area contributed by atoms with E-state index in [9.17, 15) is 4.79 Å². The second kappa shape index (κ2) is 10.00. The zero-order valence-electron chi connectivity index (χ0n) is 16.2. The van der Waals surface area contributed by atoms with Gasteiger partial charge < -0.3 is 10.1 Å². The lowest BCUT2D eigenvalue weighted by atomic mass is 9.88. The molecule has 28 heavy (non-hydrogen) atoms. The zero-order chi connectivity index (χ0) is 19.8. The lowest BCUT2D eigenvalue weighted by Crippen LogP contribution is -2.26. The molecule has 4 heteroatoms. The van der Waals surface area contributed by atoms with Crippen LogP contribution in [0.15, 0.2) is 83.8 Å². The van der Waals surface area contributed by atoms with Crippen molar-refractivity contribution >= 4 is 17.7 Å². The van der Waals surface area contributed by atoms with Gasteiger partial charge in [-0.05, 0) is 42.0 Å². The fourth-order valence-electron chi connectivity index (χ4n) is 3.31. The minimum absolute atomic E-state index is 0.107. The highest BCUT2D eigenvalue weighted by Crippen LogP contribution is 2.28. The Morgan fingerprint density at radius 3 is 2.11 bits per heavy atom. The molecule has 0 spiro atoms. The molecule has 0 saturated heterocycles. The van der Waals surface area contributed by atoms with Crippen LogP contribution in [-0.4, -0.2) is 25.8 Å². The third-order valence-electron chi connectivity index (χ3n) is 4.78. The van der Waals surface area contributed by atoms with Gasteiger partial charge in [-0.2, -0.15) is 0 Å². The molecule has 1 N–H and O–H groups in total. The van der Waals surface area contributed by atoms with Crippen LogP contribution in [0.3, 0.4) is 0 Å². The summed E-state index contributed by atoms with van der Waals surface area (Å²) in [5, 5.41) is 3.06. The second-order valence-corrected chi connectivity index (χ2v) is 7.36. The number of amides is 1. The van der Waals surface area contributed by atoms with Crippen LogP contribution in [0.1, 0.15) is 33.8 Å². The highest BCUT2D eigenvalue weighted by atomic mass is 32.2. The summed E-state index contributed by atoms with van der Waals surface area (Å²) in [6.45, 7) is 0.584. The van der Waals surface area contributed by atoms with Gasteiger partial charge in [0.15, 0.2) is 0 Å². The highest BCUT2D eigenvalue weighted by Gasteiger charge is 2.16. The molecule has 1 amide bonds. The van der Waals surface area contributed by atoms with E-state index in [0.29, 0.717) is 17.9 Å². The molecule has 3 aromatic carbocycles. The van der Waals surface area contributed by atoms with Crippen molar-refractivity contribution in [2.24, 2.45) is 0 Å². The van der Waals surface area contributed by atoms with Crippen molar-refractivity contribution in [1.82, 2.24) is 5.32 Å². The molecule has 0 aliphatic carbocycles. The van der Waals surface area contributed by atoms with Crippen molar-refractivity contribution in [3.63, 3.8) is 0 Å². The van der Waals surface area contributed by atoms with Crippen LogP contribution >= 0.6 is 11.8 Å². The number of ether oxygens (including phenoxy) is 1. The Kier molecular flexibility index (Phi) is 7.15. The summed E-state index contributed by atoms with van der Waals surface area (Å²) in [5.41, 5.74) is 3.07. The molecule has 0 unspecified atom stereocenters. The van der Waals surface area contributed by atoms with Crippen molar-refractivity contribution < 1.29 is 9.53 Å². The SMILES string of the molecule is COc1cc(SC)ccc1C(=O)NCCC(c1ccccc1)c1ccccc1. The summed E-state index contributed by atoms with van der Waals surface area (Å²) < 4.78 is 5.40. The van der Waals surface area contributed by atoms with E-state index in [2.05, 4.69) is 53.8 Å². The molecule has 144 valence electrons. The quantitative estimate of drug-likeness (QED) is 0.525. The molecule has 0 bridgehead atoms. The number of benzene rings is 3. The number of methoxy groups -OCH3 is 1. The molecule has 3 aromatic rings. The normalized spacial score (nSPS) is 10.7. The number of carbonyl (C=O) groups is 1. The second-order valence-electron chi connectivity index (χ2n) is 6.48. The number of thioether (sulfide) groups is 1. The maximum atomic E-state index is 12.7. The maximum Gasteiger partial charge on any atom is 0.255 e. The number of hydrogen-bond acceptors (Lipinski definition) is 3. The first-order valence-electron chi connectivity index (χ1n) is 9.33. The Morgan fingerprint density at radius 1 is 0.964 bits per heavy atom. The lowest BCUT2D eigenvalue weighted by molar-refractivity contribution is 0.0949. The van der Waals surface area contributed by atoms with E-state index in [4.69, 9.17) is 4.74 Å². The fourth-order valence-corrected chi connectivity index (χ4v) is 3.74. The van der Waals surface area contributed by atoms with Gasteiger partial charge in [0.2, 0.25) is 0 Å². The summed E-state index contributed by atoms with van der Waals surface area (Å²) in [4.78, 5) is 13.8. The molecule has 3 rings (SSSR count). The van der Waals surface area contributed by atoms with Crippen LogP contribution in [0.25, 0.3) is 0 Å². The first-order valence-corrected chi connectivity index (χ1v) is 10.6. The molecule has 0 aliphatic rings. The van der Waals surface area contributed by atoms with E-state index in [1.807, 2.05) is 36.6 Å². The zero-order valence-corrected chi connectivity index (χ0v) is 17.0. The Labute approximate surface area is 171 Å². The molecule has 0 saturated carbocycles. The van der Waals surface area contributed by atoms with Gasteiger partial charge in [0.1, 0.15) is 5.75 Å². The maximum absolute atomic E-state index is 12.7. The van der Waals surface area contributed by atoms with Crippen molar-refractivity contribution in [2.45, 2.75) is 17.2 Å². The van der Waals surface area contributed by atoms with Gasteiger partial charge in [0.05, 0.1) is 12.7 Å². The van der Waals surface area contributed by atoms with Crippen LogP contribution < -0.4 is 10.1 Å². The molecule has 0 fully saturated rings. The average Bonchev–Trinajstić information content (AvgIpc) is 2.77. The van der Waals surface area contributed by atoms with Crippen LogP contribution in [0.2, 0.25) is 0 Å². The standard InChI is InChI=1S/C24H25NO2S/c1-27-23-17-20(28-2)13-14-22(23)24(26)25-16-15-21(18-9-5-3-6-10-18)19-11-7-4-8-12-19/h3-14,17,21H,15-16H2,1-2H3,(H,25,26).